The fraction of sp³-hybridized carbons (Fsp3) is 0.406. The summed E-state index contributed by atoms with van der Waals surface area (Å²) in [5.41, 5.74) is -3.97. The van der Waals surface area contributed by atoms with Crippen molar-refractivity contribution in [2.24, 2.45) is 0 Å². The van der Waals surface area contributed by atoms with Crippen LogP contribution in [0.1, 0.15) is 50.8 Å². The third-order valence-corrected chi connectivity index (χ3v) is 8.48. The Bertz CT molecular complexity index is 1560. The Morgan fingerprint density at radius 1 is 0.978 bits per heavy atom. The second-order valence-electron chi connectivity index (χ2n) is 11.8. The molecule has 3 aromatic rings. The summed E-state index contributed by atoms with van der Waals surface area (Å²) in [4.78, 5) is 33.4. The number of ketones is 1. The van der Waals surface area contributed by atoms with Crippen LogP contribution in [0.25, 0.3) is 11.1 Å². The second kappa shape index (κ2) is 12.6. The molecule has 2 aromatic carbocycles. The number of anilines is 2. The third-order valence-electron chi connectivity index (χ3n) is 8.15. The van der Waals surface area contributed by atoms with Crippen LogP contribution in [0.5, 0.6) is 0 Å². The van der Waals surface area contributed by atoms with Gasteiger partial charge in [-0.05, 0) is 70.0 Å². The summed E-state index contributed by atoms with van der Waals surface area (Å²) >= 11 is 6.55. The fourth-order valence-corrected chi connectivity index (χ4v) is 5.55. The van der Waals surface area contributed by atoms with Crippen LogP contribution in [0.15, 0.2) is 54.7 Å². The van der Waals surface area contributed by atoms with Crippen molar-refractivity contribution >= 4 is 34.8 Å². The van der Waals surface area contributed by atoms with Crippen LogP contribution in [-0.2, 0) is 27.4 Å². The number of nitrogens with zero attached hydrogens (tertiary/aromatic N) is 3. The molecule has 2 heterocycles. The lowest BCUT2D eigenvalue weighted by Gasteiger charge is -2.32. The zero-order valence-corrected chi connectivity index (χ0v) is 26.0. The maximum Gasteiger partial charge on any atom is 0.416 e. The number of benzene rings is 2. The highest BCUT2D eigenvalue weighted by Gasteiger charge is 2.41. The normalized spacial score (nSPS) is 16.5. The second-order valence-corrected chi connectivity index (χ2v) is 12.2. The predicted octanol–water partition coefficient (Wildman–Crippen LogP) is 7.53. The average molecular weight is 655 g/mol. The van der Waals surface area contributed by atoms with Gasteiger partial charge in [-0.2, -0.15) is 26.3 Å². The number of hydrogen-bond acceptors (Lipinski definition) is 5. The number of rotatable bonds is 8. The molecule has 1 aliphatic heterocycles. The highest BCUT2D eigenvalue weighted by Crippen LogP contribution is 2.42. The topological polar surface area (TPSA) is 65.5 Å². The van der Waals surface area contributed by atoms with Crippen molar-refractivity contribution in [2.75, 3.05) is 29.9 Å². The van der Waals surface area contributed by atoms with Crippen LogP contribution in [0, 0.1) is 0 Å². The molecular weight excluding hydrogens is 622 g/mol. The summed E-state index contributed by atoms with van der Waals surface area (Å²) in [6.45, 7) is 7.06. The molecule has 1 N–H and O–H groups in total. The number of aromatic nitrogens is 1. The van der Waals surface area contributed by atoms with Crippen molar-refractivity contribution < 1.29 is 35.9 Å². The van der Waals surface area contributed by atoms with E-state index in [1.807, 2.05) is 4.90 Å². The van der Waals surface area contributed by atoms with Gasteiger partial charge in [0, 0.05) is 42.3 Å². The number of pyridine rings is 1. The minimum Gasteiger partial charge on any atom is -0.355 e. The van der Waals surface area contributed by atoms with Gasteiger partial charge in [-0.3, -0.25) is 9.59 Å². The lowest BCUT2D eigenvalue weighted by Crippen LogP contribution is -2.42. The number of likely N-dealkylation sites (N-methyl/N-ethyl adjacent to an activating group) is 1. The number of hydrogen-bond donors (Lipinski definition) is 1. The molecule has 13 heteroatoms. The van der Waals surface area contributed by atoms with Gasteiger partial charge < -0.3 is 15.1 Å². The summed E-state index contributed by atoms with van der Waals surface area (Å²) in [6, 6.07) is 9.52. The number of halogens is 7. The number of nitrogens with one attached hydrogen (secondary N) is 1. The Kier molecular flexibility index (Phi) is 9.61. The van der Waals surface area contributed by atoms with Crippen LogP contribution >= 0.6 is 11.6 Å². The quantitative estimate of drug-likeness (QED) is 0.255. The molecule has 1 fully saturated rings. The molecule has 0 aliphatic carbocycles. The molecule has 6 nitrogen and oxygen atoms in total. The van der Waals surface area contributed by atoms with E-state index >= 15 is 0 Å². The van der Waals surface area contributed by atoms with Gasteiger partial charge in [0.25, 0.3) is 0 Å². The Labute approximate surface area is 262 Å². The molecule has 1 aliphatic rings. The number of carbonyl (C=O) groups excluding carboxylic acids is 2. The van der Waals surface area contributed by atoms with Gasteiger partial charge in [0.2, 0.25) is 5.91 Å². The Balaban J connectivity index is 1.74. The minimum absolute atomic E-state index is 0.0207. The molecule has 45 heavy (non-hydrogen) atoms. The molecule has 1 amide bonds. The summed E-state index contributed by atoms with van der Waals surface area (Å²) in [5, 5.41) is 3.66. The molecule has 0 saturated carbocycles. The molecule has 1 saturated heterocycles. The van der Waals surface area contributed by atoms with Crippen LogP contribution in [0.3, 0.4) is 0 Å². The van der Waals surface area contributed by atoms with Crippen molar-refractivity contribution in [3.05, 3.63) is 76.4 Å². The molecule has 0 bridgehead atoms. The van der Waals surface area contributed by atoms with Crippen molar-refractivity contribution in [1.82, 2.24) is 10.3 Å². The molecule has 4 rings (SSSR count). The molecule has 2 atom stereocenters. The first-order valence-corrected chi connectivity index (χ1v) is 14.5. The van der Waals surface area contributed by atoms with E-state index in [9.17, 15) is 35.9 Å². The predicted molar refractivity (Wildman–Crippen MR) is 161 cm³/mol. The molecule has 2 unspecified atom stereocenters. The third kappa shape index (κ3) is 7.44. The zero-order chi connectivity index (χ0) is 33.5. The SMILES string of the molecule is CC(=O)C(C)NC1CCN(c2cc(-c3ccccc3Cl)c(N(C)C(=O)C(C)(C)c3cc(C(F)(F)F)cc(C(F)(F)F)c3)cn2)C1. The summed E-state index contributed by atoms with van der Waals surface area (Å²) < 4.78 is 81.7. The minimum atomic E-state index is -5.06. The van der Waals surface area contributed by atoms with E-state index in [4.69, 9.17) is 11.6 Å². The van der Waals surface area contributed by atoms with E-state index in [0.29, 0.717) is 47.2 Å². The van der Waals surface area contributed by atoms with E-state index in [1.165, 1.54) is 38.9 Å². The van der Waals surface area contributed by atoms with Crippen molar-refractivity contribution in [2.45, 2.75) is 64.0 Å². The average Bonchev–Trinajstić information content (AvgIpc) is 3.43. The lowest BCUT2D eigenvalue weighted by molar-refractivity contribution is -0.143. The number of amides is 1. The van der Waals surface area contributed by atoms with Gasteiger partial charge in [0.15, 0.2) is 0 Å². The summed E-state index contributed by atoms with van der Waals surface area (Å²) in [6.07, 6.45) is -7.93. The van der Waals surface area contributed by atoms with Crippen molar-refractivity contribution in [1.29, 1.82) is 0 Å². The first kappa shape index (κ1) is 34.2. The van der Waals surface area contributed by atoms with Crippen molar-refractivity contribution in [3.63, 3.8) is 0 Å². The molecule has 242 valence electrons. The zero-order valence-electron chi connectivity index (χ0n) is 25.3. The standard InChI is InChI=1S/C32H33ClF6N4O2/c1-18(19(2)44)41-23-10-11-43(17-23)28-15-25(24-8-6-7-9-26(24)33)27(16-40-28)42(5)29(45)30(3,4)20-12-21(31(34,35)36)14-22(13-20)32(37,38)39/h6-9,12-16,18,23,41H,10-11,17H2,1-5H3. The first-order chi connectivity index (χ1) is 20.8. The molecule has 0 radical (unpaired) electrons. The summed E-state index contributed by atoms with van der Waals surface area (Å²) in [7, 11) is 1.39. The Hall–Kier alpha value is -3.64. The maximum atomic E-state index is 14.0. The monoisotopic (exact) mass is 654 g/mol. The number of Topliss-reactive ketones (excluding diaryl/α,β-unsaturated/α-hetero) is 1. The van der Waals surface area contributed by atoms with Gasteiger partial charge in [0.05, 0.1) is 34.5 Å². The molecular formula is C32H33ClF6N4O2. The highest BCUT2D eigenvalue weighted by molar-refractivity contribution is 6.33. The molecule has 0 spiro atoms. The smallest absolute Gasteiger partial charge is 0.355 e. The van der Waals surface area contributed by atoms with E-state index in [0.717, 1.165) is 6.42 Å². The maximum absolute atomic E-state index is 14.0. The Morgan fingerprint density at radius 3 is 2.11 bits per heavy atom. The van der Waals surface area contributed by atoms with Crippen LogP contribution in [0.4, 0.5) is 37.8 Å². The van der Waals surface area contributed by atoms with E-state index < -0.39 is 40.4 Å². The van der Waals surface area contributed by atoms with E-state index in [1.54, 1.807) is 37.3 Å². The lowest BCUT2D eigenvalue weighted by atomic mass is 9.81. The number of alkyl halides is 6. The van der Waals surface area contributed by atoms with Crippen LogP contribution < -0.4 is 15.1 Å². The first-order valence-electron chi connectivity index (χ1n) is 14.1. The van der Waals surface area contributed by atoms with Gasteiger partial charge in [-0.1, -0.05) is 29.8 Å². The number of carbonyl (C=O) groups is 2. The molecule has 1 aromatic heterocycles. The van der Waals surface area contributed by atoms with Gasteiger partial charge in [-0.15, -0.1) is 0 Å². The van der Waals surface area contributed by atoms with Crippen LogP contribution in [-0.4, -0.2) is 48.9 Å². The van der Waals surface area contributed by atoms with E-state index in [2.05, 4.69) is 10.3 Å². The fourth-order valence-electron chi connectivity index (χ4n) is 5.32. The van der Waals surface area contributed by atoms with Crippen LogP contribution in [0.2, 0.25) is 5.02 Å². The van der Waals surface area contributed by atoms with Gasteiger partial charge in [0.1, 0.15) is 11.6 Å². The van der Waals surface area contributed by atoms with E-state index in [-0.39, 0.29) is 29.6 Å². The van der Waals surface area contributed by atoms with Gasteiger partial charge >= 0.3 is 12.4 Å². The largest absolute Gasteiger partial charge is 0.416 e. The van der Waals surface area contributed by atoms with Crippen molar-refractivity contribution in [3.8, 4) is 11.1 Å². The highest BCUT2D eigenvalue weighted by atomic mass is 35.5. The summed E-state index contributed by atoms with van der Waals surface area (Å²) in [5.74, 6) is -0.171. The Morgan fingerprint density at radius 2 is 1.56 bits per heavy atom. The van der Waals surface area contributed by atoms with Gasteiger partial charge in [-0.25, -0.2) is 4.98 Å².